The third-order valence-electron chi connectivity index (χ3n) is 5.81. The van der Waals surface area contributed by atoms with Crippen LogP contribution in [0.5, 0.6) is 0 Å². The number of hydrogen-bond acceptors (Lipinski definition) is 4. The molecule has 1 aliphatic carbocycles. The van der Waals surface area contributed by atoms with Gasteiger partial charge in [-0.3, -0.25) is 19.3 Å². The molecule has 1 spiro atoms. The normalized spacial score (nSPS) is 21.9. The maximum atomic E-state index is 12.8. The summed E-state index contributed by atoms with van der Waals surface area (Å²) in [6.07, 6.45) is 5.46. The Morgan fingerprint density at radius 3 is 2.56 bits per heavy atom. The highest BCUT2D eigenvalue weighted by molar-refractivity contribution is 6.11. The van der Waals surface area contributed by atoms with Gasteiger partial charge in [0.1, 0.15) is 5.54 Å². The van der Waals surface area contributed by atoms with E-state index >= 15 is 0 Å². The number of Topliss-reactive ketones (excluding diaryl/α,β-unsaturated/α-hetero) is 1. The maximum Gasteiger partial charge on any atom is 0.325 e. The van der Waals surface area contributed by atoms with Crippen LogP contribution in [0.4, 0.5) is 10.5 Å². The summed E-state index contributed by atoms with van der Waals surface area (Å²) in [4.78, 5) is 52.5. The van der Waals surface area contributed by atoms with Crippen molar-refractivity contribution in [2.45, 2.75) is 50.5 Å². The Hall–Kier alpha value is -2.70. The quantitative estimate of drug-likeness (QED) is 0.651. The molecule has 2 heterocycles. The number of hydrogen-bond donors (Lipinski definition) is 1. The molecule has 0 radical (unpaired) electrons. The van der Waals surface area contributed by atoms with E-state index in [9.17, 15) is 19.2 Å². The van der Waals surface area contributed by atoms with Crippen molar-refractivity contribution in [1.29, 1.82) is 0 Å². The number of urea groups is 1. The molecule has 3 aliphatic rings. The zero-order valence-corrected chi connectivity index (χ0v) is 15.2. The molecule has 1 aromatic rings. The van der Waals surface area contributed by atoms with E-state index in [-0.39, 0.29) is 24.1 Å². The smallest absolute Gasteiger partial charge is 0.323 e. The fourth-order valence-corrected chi connectivity index (χ4v) is 4.32. The predicted molar refractivity (Wildman–Crippen MR) is 98.4 cm³/mol. The summed E-state index contributed by atoms with van der Waals surface area (Å²) in [5.41, 5.74) is 0.265. The molecule has 4 amide bonds. The molecule has 0 unspecified atom stereocenters. The lowest BCUT2D eigenvalue weighted by Crippen LogP contribution is -2.48. The van der Waals surface area contributed by atoms with Crippen molar-refractivity contribution in [3.63, 3.8) is 0 Å². The molecule has 2 aliphatic heterocycles. The zero-order chi connectivity index (χ0) is 19.0. The lowest BCUT2D eigenvalue weighted by molar-refractivity contribution is -0.132. The lowest BCUT2D eigenvalue weighted by Gasteiger charge is -2.30. The minimum atomic E-state index is -0.820. The van der Waals surface area contributed by atoms with Crippen LogP contribution >= 0.6 is 0 Å². The van der Waals surface area contributed by atoms with Crippen molar-refractivity contribution in [3.05, 3.63) is 29.8 Å². The molecule has 1 saturated carbocycles. The Morgan fingerprint density at radius 2 is 1.85 bits per heavy atom. The number of nitrogens with one attached hydrogen (secondary N) is 1. The number of benzene rings is 1. The highest BCUT2D eigenvalue weighted by atomic mass is 16.2. The first-order valence-electron chi connectivity index (χ1n) is 9.58. The predicted octanol–water partition coefficient (Wildman–Crippen LogP) is 2.25. The van der Waals surface area contributed by atoms with Gasteiger partial charge < -0.3 is 10.2 Å². The van der Waals surface area contributed by atoms with E-state index in [1.54, 1.807) is 29.2 Å². The topological polar surface area (TPSA) is 86.8 Å². The molecule has 142 valence electrons. The van der Waals surface area contributed by atoms with E-state index in [2.05, 4.69) is 5.32 Å². The maximum absolute atomic E-state index is 12.8. The van der Waals surface area contributed by atoms with Gasteiger partial charge in [-0.2, -0.15) is 0 Å². The van der Waals surface area contributed by atoms with Crippen LogP contribution in [0.3, 0.4) is 0 Å². The number of rotatable bonds is 4. The molecule has 2 saturated heterocycles. The second-order valence-electron chi connectivity index (χ2n) is 7.59. The second kappa shape index (κ2) is 6.79. The van der Waals surface area contributed by atoms with Crippen LogP contribution < -0.4 is 10.2 Å². The van der Waals surface area contributed by atoms with Gasteiger partial charge in [0.15, 0.2) is 5.78 Å². The Morgan fingerprint density at radius 1 is 1.07 bits per heavy atom. The SMILES string of the molecule is O=C(CN1C(=O)NC2(CCCCC2)C1=O)c1cccc(N2CCCC2=O)c1. The average molecular weight is 369 g/mol. The molecule has 27 heavy (non-hydrogen) atoms. The number of anilines is 1. The largest absolute Gasteiger partial charge is 0.325 e. The van der Waals surface area contributed by atoms with Crippen molar-refractivity contribution < 1.29 is 19.2 Å². The van der Waals surface area contributed by atoms with Crippen LogP contribution in [-0.2, 0) is 9.59 Å². The van der Waals surface area contributed by atoms with Crippen molar-refractivity contribution in [2.24, 2.45) is 0 Å². The van der Waals surface area contributed by atoms with E-state index in [1.807, 2.05) is 0 Å². The summed E-state index contributed by atoms with van der Waals surface area (Å²) in [6.45, 7) is 0.371. The van der Waals surface area contributed by atoms with Gasteiger partial charge in [0.2, 0.25) is 5.91 Å². The number of ketones is 1. The van der Waals surface area contributed by atoms with Gasteiger partial charge in [0.05, 0.1) is 6.54 Å². The summed E-state index contributed by atoms with van der Waals surface area (Å²) in [7, 11) is 0. The Kier molecular flexibility index (Phi) is 4.45. The van der Waals surface area contributed by atoms with E-state index < -0.39 is 11.6 Å². The fourth-order valence-electron chi connectivity index (χ4n) is 4.32. The van der Waals surface area contributed by atoms with Crippen LogP contribution in [0.1, 0.15) is 55.3 Å². The average Bonchev–Trinajstić information content (AvgIpc) is 3.20. The number of nitrogens with zero attached hydrogens (tertiary/aromatic N) is 2. The Balaban J connectivity index is 1.50. The fraction of sp³-hybridized carbons (Fsp3) is 0.500. The number of carbonyl (C=O) groups excluding carboxylic acids is 4. The Bertz CT molecular complexity index is 813. The molecule has 7 heteroatoms. The number of imide groups is 1. The first-order chi connectivity index (χ1) is 13.0. The van der Waals surface area contributed by atoms with Crippen LogP contribution in [0.15, 0.2) is 24.3 Å². The lowest BCUT2D eigenvalue weighted by atomic mass is 9.82. The zero-order valence-electron chi connectivity index (χ0n) is 15.2. The monoisotopic (exact) mass is 369 g/mol. The van der Waals surface area contributed by atoms with E-state index in [0.717, 1.165) is 30.6 Å². The van der Waals surface area contributed by atoms with Crippen LogP contribution in [-0.4, -0.2) is 47.2 Å². The van der Waals surface area contributed by atoms with E-state index in [4.69, 9.17) is 0 Å². The third-order valence-corrected chi connectivity index (χ3v) is 5.81. The second-order valence-corrected chi connectivity index (χ2v) is 7.59. The highest BCUT2D eigenvalue weighted by Gasteiger charge is 2.51. The molecule has 0 bridgehead atoms. The summed E-state index contributed by atoms with van der Waals surface area (Å²) >= 11 is 0. The van der Waals surface area contributed by atoms with Gasteiger partial charge in [-0.25, -0.2) is 4.79 Å². The van der Waals surface area contributed by atoms with E-state index in [0.29, 0.717) is 37.1 Å². The van der Waals surface area contributed by atoms with Crippen LogP contribution in [0.2, 0.25) is 0 Å². The first-order valence-corrected chi connectivity index (χ1v) is 9.58. The molecule has 4 rings (SSSR count). The van der Waals surface area contributed by atoms with Gasteiger partial charge in [-0.05, 0) is 31.4 Å². The molecule has 7 nitrogen and oxygen atoms in total. The molecule has 0 aromatic heterocycles. The van der Waals surface area contributed by atoms with Crippen molar-refractivity contribution >= 4 is 29.3 Å². The van der Waals surface area contributed by atoms with Gasteiger partial charge in [-0.1, -0.05) is 31.4 Å². The summed E-state index contributed by atoms with van der Waals surface area (Å²) in [5.74, 6) is -0.542. The van der Waals surface area contributed by atoms with Crippen molar-refractivity contribution in [1.82, 2.24) is 10.2 Å². The summed E-state index contributed by atoms with van der Waals surface area (Å²) < 4.78 is 0. The molecule has 1 N–H and O–H groups in total. The number of amides is 4. The van der Waals surface area contributed by atoms with Crippen LogP contribution in [0, 0.1) is 0 Å². The molecule has 1 aromatic carbocycles. The van der Waals surface area contributed by atoms with Gasteiger partial charge >= 0.3 is 6.03 Å². The first kappa shape index (κ1) is 17.7. The van der Waals surface area contributed by atoms with Crippen molar-refractivity contribution in [3.8, 4) is 0 Å². The molecule has 3 fully saturated rings. The summed E-state index contributed by atoms with van der Waals surface area (Å²) in [5, 5.41) is 2.82. The standard InChI is InChI=1S/C20H23N3O4/c24-16(14-6-4-7-15(12-14)22-11-5-8-17(22)25)13-23-18(26)20(21-19(23)27)9-2-1-3-10-20/h4,6-7,12H,1-3,5,8-11,13H2,(H,21,27). The number of carbonyl (C=O) groups is 4. The minimum absolute atomic E-state index is 0.0490. The van der Waals surface area contributed by atoms with Gasteiger partial charge in [-0.15, -0.1) is 0 Å². The van der Waals surface area contributed by atoms with Crippen molar-refractivity contribution in [2.75, 3.05) is 18.0 Å². The Labute approximate surface area is 157 Å². The summed E-state index contributed by atoms with van der Waals surface area (Å²) in [6, 6.07) is 6.36. The highest BCUT2D eigenvalue weighted by Crippen LogP contribution is 2.33. The minimum Gasteiger partial charge on any atom is -0.323 e. The third kappa shape index (κ3) is 3.11. The molecular weight excluding hydrogens is 346 g/mol. The van der Waals surface area contributed by atoms with E-state index in [1.165, 1.54) is 0 Å². The molecule has 0 atom stereocenters. The van der Waals surface area contributed by atoms with Gasteiger partial charge in [0, 0.05) is 24.2 Å². The van der Waals surface area contributed by atoms with Gasteiger partial charge in [0.25, 0.3) is 5.91 Å². The van der Waals surface area contributed by atoms with Crippen LogP contribution in [0.25, 0.3) is 0 Å². The molecular formula is C20H23N3O4.